The normalized spacial score (nSPS) is 10.3. The molecule has 2 N–H and O–H groups in total. The van der Waals surface area contributed by atoms with Crippen molar-refractivity contribution >= 4 is 11.7 Å². The van der Waals surface area contributed by atoms with Crippen molar-refractivity contribution < 1.29 is 14.3 Å². The monoisotopic (exact) mass is 269 g/mol. The van der Waals surface area contributed by atoms with Crippen LogP contribution in [0.25, 0.3) is 0 Å². The van der Waals surface area contributed by atoms with Crippen LogP contribution < -0.4 is 5.32 Å². The van der Waals surface area contributed by atoms with Crippen LogP contribution in [0.4, 0.5) is 10.2 Å². The zero-order valence-corrected chi connectivity index (χ0v) is 11.3. The zero-order valence-electron chi connectivity index (χ0n) is 11.3. The van der Waals surface area contributed by atoms with Crippen LogP contribution in [-0.2, 0) is 0 Å². The standard InChI is InChI=1S/C13H20FN3O2/c1-3-15-12-11(8-10(14)9-16-12)13(19)17(4-2)6-5-7-18/h8-9,18H,3-7H2,1-2H3,(H,15,16). The molecule has 0 spiro atoms. The molecule has 1 rings (SSSR count). The lowest BCUT2D eigenvalue weighted by atomic mass is 10.2. The van der Waals surface area contributed by atoms with Crippen LogP contribution in [0.15, 0.2) is 12.3 Å². The summed E-state index contributed by atoms with van der Waals surface area (Å²) in [6.07, 6.45) is 1.58. The van der Waals surface area contributed by atoms with E-state index in [-0.39, 0.29) is 18.1 Å². The van der Waals surface area contributed by atoms with Gasteiger partial charge in [-0.05, 0) is 26.3 Å². The first-order chi connectivity index (χ1) is 9.13. The molecule has 0 atom stereocenters. The predicted molar refractivity (Wildman–Crippen MR) is 71.6 cm³/mol. The molecule has 0 aliphatic heterocycles. The Morgan fingerprint density at radius 2 is 2.26 bits per heavy atom. The van der Waals surface area contributed by atoms with Crippen molar-refractivity contribution in [1.82, 2.24) is 9.88 Å². The van der Waals surface area contributed by atoms with Gasteiger partial charge in [-0.1, -0.05) is 0 Å². The van der Waals surface area contributed by atoms with Crippen LogP contribution in [-0.4, -0.2) is 47.1 Å². The van der Waals surface area contributed by atoms with Crippen molar-refractivity contribution in [1.29, 1.82) is 0 Å². The number of hydrogen-bond donors (Lipinski definition) is 2. The van der Waals surface area contributed by atoms with Gasteiger partial charge in [-0.3, -0.25) is 4.79 Å². The number of rotatable bonds is 7. The first kappa shape index (κ1) is 15.4. The number of aromatic nitrogens is 1. The summed E-state index contributed by atoms with van der Waals surface area (Å²) in [5, 5.41) is 11.8. The number of pyridine rings is 1. The molecular weight excluding hydrogens is 249 g/mol. The maximum atomic E-state index is 13.3. The summed E-state index contributed by atoms with van der Waals surface area (Å²) in [5.74, 6) is -0.432. The number of aliphatic hydroxyl groups is 1. The van der Waals surface area contributed by atoms with Crippen molar-refractivity contribution in [3.8, 4) is 0 Å². The molecule has 0 aliphatic rings. The third-order valence-corrected chi connectivity index (χ3v) is 2.68. The van der Waals surface area contributed by atoms with E-state index >= 15 is 0 Å². The number of amides is 1. The molecule has 0 unspecified atom stereocenters. The quantitative estimate of drug-likeness (QED) is 0.787. The molecule has 1 heterocycles. The number of nitrogens with zero attached hydrogens (tertiary/aromatic N) is 2. The first-order valence-corrected chi connectivity index (χ1v) is 6.43. The van der Waals surface area contributed by atoms with Crippen LogP contribution in [0.3, 0.4) is 0 Å². The third-order valence-electron chi connectivity index (χ3n) is 2.68. The fourth-order valence-electron chi connectivity index (χ4n) is 1.75. The Morgan fingerprint density at radius 1 is 1.53 bits per heavy atom. The van der Waals surface area contributed by atoms with Crippen LogP contribution >= 0.6 is 0 Å². The van der Waals surface area contributed by atoms with Gasteiger partial charge in [0, 0.05) is 26.2 Å². The van der Waals surface area contributed by atoms with Gasteiger partial charge in [-0.2, -0.15) is 0 Å². The number of nitrogens with one attached hydrogen (secondary N) is 1. The lowest BCUT2D eigenvalue weighted by Crippen LogP contribution is -2.33. The lowest BCUT2D eigenvalue weighted by Gasteiger charge is -2.21. The molecule has 5 nitrogen and oxygen atoms in total. The number of hydrogen-bond acceptors (Lipinski definition) is 4. The summed E-state index contributed by atoms with van der Waals surface area (Å²) < 4.78 is 13.3. The Morgan fingerprint density at radius 3 is 2.84 bits per heavy atom. The fourth-order valence-corrected chi connectivity index (χ4v) is 1.75. The maximum absolute atomic E-state index is 13.3. The number of aliphatic hydroxyl groups excluding tert-OH is 1. The van der Waals surface area contributed by atoms with Gasteiger partial charge in [-0.25, -0.2) is 9.37 Å². The molecule has 19 heavy (non-hydrogen) atoms. The van der Waals surface area contributed by atoms with Crippen molar-refractivity contribution in [3.05, 3.63) is 23.6 Å². The van der Waals surface area contributed by atoms with E-state index in [0.29, 0.717) is 31.9 Å². The molecule has 106 valence electrons. The molecule has 0 saturated heterocycles. The van der Waals surface area contributed by atoms with Gasteiger partial charge in [0.1, 0.15) is 11.6 Å². The highest BCUT2D eigenvalue weighted by Crippen LogP contribution is 2.16. The highest BCUT2D eigenvalue weighted by Gasteiger charge is 2.19. The van der Waals surface area contributed by atoms with Crippen LogP contribution in [0.1, 0.15) is 30.6 Å². The first-order valence-electron chi connectivity index (χ1n) is 6.43. The second-order valence-electron chi connectivity index (χ2n) is 4.04. The van der Waals surface area contributed by atoms with Crippen LogP contribution in [0.5, 0.6) is 0 Å². The molecular formula is C13H20FN3O2. The second-order valence-corrected chi connectivity index (χ2v) is 4.04. The summed E-state index contributed by atoms with van der Waals surface area (Å²) in [6.45, 7) is 5.28. The molecule has 1 amide bonds. The van der Waals surface area contributed by atoms with Crippen molar-refractivity contribution in [2.24, 2.45) is 0 Å². The van der Waals surface area contributed by atoms with Crippen LogP contribution in [0.2, 0.25) is 0 Å². The molecule has 0 bridgehead atoms. The van der Waals surface area contributed by atoms with Gasteiger partial charge in [0.05, 0.1) is 11.8 Å². The smallest absolute Gasteiger partial charge is 0.257 e. The molecule has 0 aromatic carbocycles. The molecule has 6 heteroatoms. The van der Waals surface area contributed by atoms with Gasteiger partial charge >= 0.3 is 0 Å². The summed E-state index contributed by atoms with van der Waals surface area (Å²) in [7, 11) is 0. The predicted octanol–water partition coefficient (Wildman–Crippen LogP) is 1.50. The Bertz CT molecular complexity index is 426. The lowest BCUT2D eigenvalue weighted by molar-refractivity contribution is 0.0754. The van der Waals surface area contributed by atoms with Crippen molar-refractivity contribution in [3.63, 3.8) is 0 Å². The van der Waals surface area contributed by atoms with Crippen LogP contribution in [0, 0.1) is 5.82 Å². The van der Waals surface area contributed by atoms with E-state index < -0.39 is 5.82 Å². The van der Waals surface area contributed by atoms with Crippen molar-refractivity contribution in [2.75, 3.05) is 31.6 Å². The highest BCUT2D eigenvalue weighted by molar-refractivity contribution is 5.98. The van der Waals surface area contributed by atoms with Gasteiger partial charge < -0.3 is 15.3 Å². The largest absolute Gasteiger partial charge is 0.396 e. The average Bonchev–Trinajstić information content (AvgIpc) is 2.41. The minimum absolute atomic E-state index is 0.0191. The Balaban J connectivity index is 2.98. The van der Waals surface area contributed by atoms with E-state index in [1.165, 1.54) is 6.07 Å². The van der Waals surface area contributed by atoms with E-state index in [1.807, 2.05) is 13.8 Å². The molecule has 1 aromatic rings. The average molecular weight is 269 g/mol. The SMILES string of the molecule is CCNc1ncc(F)cc1C(=O)N(CC)CCCO. The Labute approximate surface area is 112 Å². The number of carbonyl (C=O) groups is 1. The fraction of sp³-hybridized carbons (Fsp3) is 0.538. The topological polar surface area (TPSA) is 65.5 Å². The molecule has 0 saturated carbocycles. The second kappa shape index (κ2) is 7.68. The summed E-state index contributed by atoms with van der Waals surface area (Å²) in [5.41, 5.74) is 0.224. The van der Waals surface area contributed by atoms with Gasteiger partial charge in [0.25, 0.3) is 5.91 Å². The van der Waals surface area contributed by atoms with E-state index in [0.717, 1.165) is 6.20 Å². The number of carbonyl (C=O) groups excluding carboxylic acids is 1. The van der Waals surface area contributed by atoms with E-state index in [4.69, 9.17) is 5.11 Å². The van der Waals surface area contributed by atoms with Gasteiger partial charge in [-0.15, -0.1) is 0 Å². The number of anilines is 1. The zero-order chi connectivity index (χ0) is 14.3. The van der Waals surface area contributed by atoms with E-state index in [1.54, 1.807) is 4.90 Å². The Hall–Kier alpha value is -1.69. The van der Waals surface area contributed by atoms with E-state index in [2.05, 4.69) is 10.3 Å². The molecule has 0 aliphatic carbocycles. The Kier molecular flexibility index (Phi) is 6.21. The maximum Gasteiger partial charge on any atom is 0.257 e. The minimum Gasteiger partial charge on any atom is -0.396 e. The summed E-state index contributed by atoms with van der Waals surface area (Å²) in [4.78, 5) is 17.8. The minimum atomic E-state index is -0.539. The third kappa shape index (κ3) is 4.17. The summed E-state index contributed by atoms with van der Waals surface area (Å²) >= 11 is 0. The van der Waals surface area contributed by atoms with E-state index in [9.17, 15) is 9.18 Å². The summed E-state index contributed by atoms with van der Waals surface area (Å²) in [6, 6.07) is 1.19. The van der Waals surface area contributed by atoms with Gasteiger partial charge in [0.2, 0.25) is 0 Å². The number of halogens is 1. The molecule has 1 aromatic heterocycles. The van der Waals surface area contributed by atoms with Crippen molar-refractivity contribution in [2.45, 2.75) is 20.3 Å². The highest BCUT2D eigenvalue weighted by atomic mass is 19.1. The molecule has 0 radical (unpaired) electrons. The molecule has 0 fully saturated rings. The van der Waals surface area contributed by atoms with Gasteiger partial charge in [0.15, 0.2) is 0 Å².